The van der Waals surface area contributed by atoms with Crippen LogP contribution in [0.15, 0.2) is 17.5 Å². The van der Waals surface area contributed by atoms with Crippen molar-refractivity contribution in [3.8, 4) is 0 Å². The molecule has 0 saturated carbocycles. The van der Waals surface area contributed by atoms with Gasteiger partial charge in [-0.2, -0.15) is 0 Å². The first-order valence-electron chi connectivity index (χ1n) is 5.06. The quantitative estimate of drug-likeness (QED) is 0.787. The van der Waals surface area contributed by atoms with Crippen LogP contribution in [0.25, 0.3) is 0 Å². The maximum Gasteiger partial charge on any atom is 0.0636 e. The van der Waals surface area contributed by atoms with E-state index in [4.69, 9.17) is 0 Å². The van der Waals surface area contributed by atoms with Crippen LogP contribution in [0.3, 0.4) is 0 Å². The largest absolute Gasteiger partial charge is 0.392 e. The van der Waals surface area contributed by atoms with E-state index in [2.05, 4.69) is 36.7 Å². The van der Waals surface area contributed by atoms with Gasteiger partial charge in [-0.3, -0.25) is 0 Å². The highest BCUT2D eigenvalue weighted by atomic mass is 32.1. The molecule has 80 valence electrons. The number of hydrogen-bond donors (Lipinski definition) is 2. The first-order chi connectivity index (χ1) is 6.61. The number of aliphatic hydroxyl groups is 1. The van der Waals surface area contributed by atoms with Crippen LogP contribution in [0, 0.1) is 5.92 Å². The van der Waals surface area contributed by atoms with Gasteiger partial charge in [0, 0.05) is 17.5 Å². The highest BCUT2D eigenvalue weighted by molar-refractivity contribution is 7.10. The number of thiophene rings is 1. The van der Waals surface area contributed by atoms with Crippen molar-refractivity contribution in [3.05, 3.63) is 22.4 Å². The Morgan fingerprint density at radius 1 is 1.43 bits per heavy atom. The highest BCUT2D eigenvalue weighted by Gasteiger charge is 2.16. The van der Waals surface area contributed by atoms with E-state index < -0.39 is 0 Å². The van der Waals surface area contributed by atoms with Gasteiger partial charge in [-0.1, -0.05) is 19.9 Å². The molecule has 3 heteroatoms. The van der Waals surface area contributed by atoms with Crippen molar-refractivity contribution in [1.82, 2.24) is 5.32 Å². The Balaban J connectivity index is 2.57. The molecule has 1 aromatic heterocycles. The molecule has 0 spiro atoms. The lowest BCUT2D eigenvalue weighted by Crippen LogP contribution is -2.31. The Kier molecular flexibility index (Phi) is 4.58. The van der Waals surface area contributed by atoms with Crippen LogP contribution < -0.4 is 5.32 Å². The second-order valence-corrected chi connectivity index (χ2v) is 4.97. The SMILES string of the molecule is CC(C)C(NC[C@H](C)O)c1cccs1. The average molecular weight is 213 g/mol. The number of rotatable bonds is 5. The standard InChI is InChI=1S/C11H19NOS/c1-8(2)11(12-7-9(3)13)10-5-4-6-14-10/h4-6,8-9,11-13H,7H2,1-3H3/t9-,11?/m0/s1. The molecule has 14 heavy (non-hydrogen) atoms. The zero-order valence-electron chi connectivity index (χ0n) is 9.03. The van der Waals surface area contributed by atoms with E-state index in [9.17, 15) is 5.11 Å². The first kappa shape index (κ1) is 11.7. The van der Waals surface area contributed by atoms with Crippen LogP contribution in [0.4, 0.5) is 0 Å². The predicted octanol–water partition coefficient (Wildman–Crippen LogP) is 2.42. The molecular weight excluding hydrogens is 194 g/mol. The lowest BCUT2D eigenvalue weighted by Gasteiger charge is -2.22. The summed E-state index contributed by atoms with van der Waals surface area (Å²) in [6.45, 7) is 6.85. The van der Waals surface area contributed by atoms with Gasteiger partial charge in [0.1, 0.15) is 0 Å². The third-order valence-electron chi connectivity index (χ3n) is 2.15. The Morgan fingerprint density at radius 2 is 2.14 bits per heavy atom. The van der Waals surface area contributed by atoms with Gasteiger partial charge in [0.25, 0.3) is 0 Å². The normalized spacial score (nSPS) is 15.8. The highest BCUT2D eigenvalue weighted by Crippen LogP contribution is 2.25. The molecule has 0 bridgehead atoms. The van der Waals surface area contributed by atoms with Gasteiger partial charge in [-0.25, -0.2) is 0 Å². The summed E-state index contributed by atoms with van der Waals surface area (Å²) in [6.07, 6.45) is -0.281. The lowest BCUT2D eigenvalue weighted by molar-refractivity contribution is 0.182. The van der Waals surface area contributed by atoms with E-state index in [0.717, 1.165) is 0 Å². The molecule has 0 aliphatic rings. The minimum Gasteiger partial charge on any atom is -0.392 e. The van der Waals surface area contributed by atoms with E-state index in [0.29, 0.717) is 18.5 Å². The number of nitrogens with one attached hydrogen (secondary N) is 1. The Labute approximate surface area is 90.0 Å². The number of hydrogen-bond acceptors (Lipinski definition) is 3. The summed E-state index contributed by atoms with van der Waals surface area (Å²) in [4.78, 5) is 1.35. The third-order valence-corrected chi connectivity index (χ3v) is 3.10. The van der Waals surface area contributed by atoms with Gasteiger partial charge in [0.15, 0.2) is 0 Å². The minimum atomic E-state index is -0.281. The van der Waals surface area contributed by atoms with Crippen LogP contribution in [0.2, 0.25) is 0 Å². The van der Waals surface area contributed by atoms with Gasteiger partial charge < -0.3 is 10.4 Å². The van der Waals surface area contributed by atoms with Crippen LogP contribution in [-0.2, 0) is 0 Å². The topological polar surface area (TPSA) is 32.3 Å². The Morgan fingerprint density at radius 3 is 2.57 bits per heavy atom. The van der Waals surface area contributed by atoms with E-state index in [1.807, 2.05) is 0 Å². The Bertz CT molecular complexity index is 244. The molecule has 0 aliphatic heterocycles. The molecule has 0 amide bonds. The van der Waals surface area contributed by atoms with Gasteiger partial charge in [-0.15, -0.1) is 11.3 Å². The summed E-state index contributed by atoms with van der Waals surface area (Å²) in [5, 5.41) is 14.7. The smallest absolute Gasteiger partial charge is 0.0636 e. The molecule has 1 heterocycles. The monoisotopic (exact) mass is 213 g/mol. The molecule has 2 nitrogen and oxygen atoms in total. The summed E-state index contributed by atoms with van der Waals surface area (Å²) >= 11 is 1.77. The molecular formula is C11H19NOS. The maximum absolute atomic E-state index is 9.22. The molecule has 0 saturated heterocycles. The molecule has 0 fully saturated rings. The lowest BCUT2D eigenvalue weighted by atomic mass is 10.0. The van der Waals surface area contributed by atoms with E-state index >= 15 is 0 Å². The van der Waals surface area contributed by atoms with Crippen molar-refractivity contribution in [2.24, 2.45) is 5.92 Å². The molecule has 1 unspecified atom stereocenters. The molecule has 0 radical (unpaired) electrons. The van der Waals surface area contributed by atoms with Crippen molar-refractivity contribution in [3.63, 3.8) is 0 Å². The van der Waals surface area contributed by atoms with Crippen LogP contribution >= 0.6 is 11.3 Å². The summed E-state index contributed by atoms with van der Waals surface area (Å²) in [5.41, 5.74) is 0. The zero-order valence-corrected chi connectivity index (χ0v) is 9.84. The summed E-state index contributed by atoms with van der Waals surface area (Å²) < 4.78 is 0. The molecule has 2 atom stereocenters. The molecule has 0 aliphatic carbocycles. The summed E-state index contributed by atoms with van der Waals surface area (Å²) in [7, 11) is 0. The van der Waals surface area contributed by atoms with Gasteiger partial charge >= 0.3 is 0 Å². The van der Waals surface area contributed by atoms with Crippen LogP contribution in [0.1, 0.15) is 31.7 Å². The van der Waals surface area contributed by atoms with Gasteiger partial charge in [0.05, 0.1) is 6.10 Å². The fraction of sp³-hybridized carbons (Fsp3) is 0.636. The van der Waals surface area contributed by atoms with Crippen molar-refractivity contribution < 1.29 is 5.11 Å². The molecule has 2 N–H and O–H groups in total. The van der Waals surface area contributed by atoms with Gasteiger partial charge in [0.2, 0.25) is 0 Å². The molecule has 0 aromatic carbocycles. The first-order valence-corrected chi connectivity index (χ1v) is 5.94. The fourth-order valence-electron chi connectivity index (χ4n) is 1.43. The second kappa shape index (κ2) is 5.49. The Hall–Kier alpha value is -0.380. The fourth-order valence-corrected chi connectivity index (χ4v) is 2.40. The van der Waals surface area contributed by atoms with E-state index in [1.54, 1.807) is 18.3 Å². The van der Waals surface area contributed by atoms with E-state index in [-0.39, 0.29) is 6.10 Å². The van der Waals surface area contributed by atoms with E-state index in [1.165, 1.54) is 4.88 Å². The van der Waals surface area contributed by atoms with Crippen molar-refractivity contribution in [2.75, 3.05) is 6.54 Å². The number of aliphatic hydroxyl groups excluding tert-OH is 1. The van der Waals surface area contributed by atoms with Crippen molar-refractivity contribution in [2.45, 2.75) is 32.9 Å². The summed E-state index contributed by atoms with van der Waals surface area (Å²) in [6, 6.07) is 4.58. The van der Waals surface area contributed by atoms with Crippen LogP contribution in [0.5, 0.6) is 0 Å². The van der Waals surface area contributed by atoms with Crippen LogP contribution in [-0.4, -0.2) is 17.8 Å². The third kappa shape index (κ3) is 3.40. The zero-order chi connectivity index (χ0) is 10.6. The summed E-state index contributed by atoms with van der Waals surface area (Å²) in [5.74, 6) is 0.549. The molecule has 1 rings (SSSR count). The molecule has 1 aromatic rings. The average Bonchev–Trinajstić information content (AvgIpc) is 2.56. The minimum absolute atomic E-state index is 0.281. The maximum atomic E-state index is 9.22. The van der Waals surface area contributed by atoms with Crippen molar-refractivity contribution in [1.29, 1.82) is 0 Å². The second-order valence-electron chi connectivity index (χ2n) is 3.99. The predicted molar refractivity (Wildman–Crippen MR) is 61.6 cm³/mol. The van der Waals surface area contributed by atoms with Crippen molar-refractivity contribution >= 4 is 11.3 Å². The van der Waals surface area contributed by atoms with Gasteiger partial charge in [-0.05, 0) is 24.3 Å².